The predicted molar refractivity (Wildman–Crippen MR) is 139 cm³/mol. The van der Waals surface area contributed by atoms with E-state index in [2.05, 4.69) is 11.7 Å². The van der Waals surface area contributed by atoms with E-state index in [4.69, 9.17) is 14.0 Å². The van der Waals surface area contributed by atoms with Crippen LogP contribution in [0.2, 0.25) is 0 Å². The Balaban J connectivity index is 1.48. The number of hydrogen-bond donors (Lipinski definition) is 1. The summed E-state index contributed by atoms with van der Waals surface area (Å²) in [4.78, 5) is 48.7. The number of Topliss-reactive ketones (excluding diaryl/α,β-unsaturated/α-hetero) is 1. The van der Waals surface area contributed by atoms with Crippen LogP contribution in [0.4, 0.5) is 8.78 Å². The smallest absolute Gasteiger partial charge is 0.402 e. The predicted octanol–water partition coefficient (Wildman–Crippen LogP) is 3.96. The molecule has 4 aliphatic carbocycles. The van der Waals surface area contributed by atoms with Gasteiger partial charge < -0.3 is 14.2 Å². The first-order valence-electron chi connectivity index (χ1n) is 14.3. The lowest BCUT2D eigenvalue weighted by Gasteiger charge is -2.62. The number of carbonyl (C=O) groups is 4. The number of hydrogen-bond acceptors (Lipinski definition) is 9. The van der Waals surface area contributed by atoms with Gasteiger partial charge in [0.25, 0.3) is 12.9 Å². The summed E-state index contributed by atoms with van der Waals surface area (Å²) >= 11 is 0. The number of ether oxygens (including phenoxy) is 3. The van der Waals surface area contributed by atoms with Crippen molar-refractivity contribution in [2.24, 2.45) is 46.3 Å². The maximum Gasteiger partial charge on any atom is 0.402 e. The van der Waals surface area contributed by atoms with Crippen molar-refractivity contribution in [1.82, 2.24) is 0 Å². The van der Waals surface area contributed by atoms with Crippen LogP contribution < -0.4 is 0 Å². The lowest BCUT2D eigenvalue weighted by Crippen LogP contribution is -2.61. The number of alkyl halides is 2. The summed E-state index contributed by atoms with van der Waals surface area (Å²) in [6, 6.07) is 0. The number of rotatable bonds is 11. The van der Waals surface area contributed by atoms with E-state index < -0.39 is 33.4 Å². The zero-order chi connectivity index (χ0) is 30.4. The molecule has 13 heteroatoms. The van der Waals surface area contributed by atoms with Gasteiger partial charge in [-0.25, -0.2) is 0 Å². The van der Waals surface area contributed by atoms with Crippen LogP contribution in [0.5, 0.6) is 0 Å². The molecule has 0 aliphatic heterocycles. The highest BCUT2D eigenvalue weighted by Crippen LogP contribution is 2.67. The van der Waals surface area contributed by atoms with Crippen molar-refractivity contribution in [3.05, 3.63) is 0 Å². The summed E-state index contributed by atoms with van der Waals surface area (Å²) in [5, 5.41) is -4.60. The normalized spacial score (nSPS) is 39.5. The summed E-state index contributed by atoms with van der Waals surface area (Å²) in [5.74, 6) is -1.00. The summed E-state index contributed by atoms with van der Waals surface area (Å²) in [7, 11) is -5.71. The van der Waals surface area contributed by atoms with E-state index >= 15 is 0 Å². The molecule has 10 nitrogen and oxygen atoms in total. The fourth-order valence-corrected chi connectivity index (χ4v) is 9.30. The zero-order valence-electron chi connectivity index (χ0n) is 23.6. The largest absolute Gasteiger partial charge is 0.465 e. The summed E-state index contributed by atoms with van der Waals surface area (Å²) in [6.07, 6.45) is 4.08. The Morgan fingerprint density at radius 3 is 2.44 bits per heavy atom. The minimum Gasteiger partial charge on any atom is -0.465 e. The standard InChI is InChI=1S/C28H40F2O10S/c1-16(4-7-24(34)38-13-28(29,30)41(35,36)37)19-5-6-20-25-21(12-23(33)27(19,20)3)26(2)9-8-18(39-14-31)10-17(26)11-22(25)40-15-32/h14-22,25H,4-13H2,1-3H3,(H,35,36,37)/t16-,17?,18-,19-,20+,21+,22+,25+,26+,27-/m1/s1. The maximum absolute atomic E-state index is 14.0. The van der Waals surface area contributed by atoms with Gasteiger partial charge in [-0.3, -0.25) is 23.7 Å². The molecular formula is C28H40F2O10S. The van der Waals surface area contributed by atoms with Crippen molar-refractivity contribution < 1.29 is 55.1 Å². The summed E-state index contributed by atoms with van der Waals surface area (Å²) < 4.78 is 72.3. The minimum absolute atomic E-state index is 0.0162. The highest BCUT2D eigenvalue weighted by Gasteiger charge is 2.66. The first-order chi connectivity index (χ1) is 19.1. The first kappa shape index (κ1) is 31.8. The third-order valence-corrected chi connectivity index (χ3v) is 12.2. The second-order valence-electron chi connectivity index (χ2n) is 13.0. The lowest BCUT2D eigenvalue weighted by atomic mass is 9.43. The molecule has 0 heterocycles. The molecule has 1 N–H and O–H groups in total. The van der Waals surface area contributed by atoms with Gasteiger partial charge in [-0.05, 0) is 80.0 Å². The van der Waals surface area contributed by atoms with Crippen molar-refractivity contribution in [3.8, 4) is 0 Å². The van der Waals surface area contributed by atoms with Gasteiger partial charge in [0.1, 0.15) is 18.0 Å². The number of halogens is 2. The van der Waals surface area contributed by atoms with Gasteiger partial charge in [-0.1, -0.05) is 20.8 Å². The third kappa shape index (κ3) is 5.64. The molecule has 0 radical (unpaired) electrons. The van der Waals surface area contributed by atoms with Gasteiger partial charge in [0, 0.05) is 24.2 Å². The third-order valence-electron chi connectivity index (χ3n) is 11.3. The average molecular weight is 607 g/mol. The highest BCUT2D eigenvalue weighted by atomic mass is 32.2. The van der Waals surface area contributed by atoms with E-state index in [1.807, 2.05) is 13.8 Å². The number of carbonyl (C=O) groups excluding carboxylic acids is 4. The quantitative estimate of drug-likeness (QED) is 0.158. The van der Waals surface area contributed by atoms with Gasteiger partial charge >= 0.3 is 21.3 Å². The number of fused-ring (bicyclic) bond motifs is 5. The topological polar surface area (TPSA) is 150 Å². The first-order valence-corrected chi connectivity index (χ1v) is 15.8. The molecule has 4 saturated carbocycles. The van der Waals surface area contributed by atoms with Crippen LogP contribution in [0.1, 0.15) is 78.6 Å². The van der Waals surface area contributed by atoms with Gasteiger partial charge in [0.05, 0.1) is 0 Å². The van der Waals surface area contributed by atoms with E-state index in [-0.39, 0.29) is 71.8 Å². The number of esters is 1. The molecule has 10 atom stereocenters. The fraction of sp³-hybridized carbons (Fsp3) is 0.857. The van der Waals surface area contributed by atoms with Crippen LogP contribution in [0.25, 0.3) is 0 Å². The Morgan fingerprint density at radius 1 is 1.12 bits per heavy atom. The minimum atomic E-state index is -5.71. The van der Waals surface area contributed by atoms with Crippen LogP contribution in [0.3, 0.4) is 0 Å². The molecule has 232 valence electrons. The van der Waals surface area contributed by atoms with Crippen molar-refractivity contribution in [3.63, 3.8) is 0 Å². The van der Waals surface area contributed by atoms with Gasteiger partial charge in [-0.2, -0.15) is 17.2 Å². The van der Waals surface area contributed by atoms with E-state index in [1.54, 1.807) is 0 Å². The lowest BCUT2D eigenvalue weighted by molar-refractivity contribution is -0.191. The molecular weight excluding hydrogens is 566 g/mol. The monoisotopic (exact) mass is 606 g/mol. The Kier molecular flexibility index (Phi) is 8.91. The molecule has 0 spiro atoms. The van der Waals surface area contributed by atoms with Crippen molar-refractivity contribution >= 4 is 34.8 Å². The second kappa shape index (κ2) is 11.5. The van der Waals surface area contributed by atoms with E-state index in [1.165, 1.54) is 0 Å². The van der Waals surface area contributed by atoms with Gasteiger partial charge in [0.15, 0.2) is 6.61 Å². The van der Waals surface area contributed by atoms with Crippen LogP contribution in [0.15, 0.2) is 0 Å². The van der Waals surface area contributed by atoms with Crippen LogP contribution in [0, 0.1) is 46.3 Å². The molecule has 0 saturated heterocycles. The summed E-state index contributed by atoms with van der Waals surface area (Å²) in [6.45, 7) is 5.27. The van der Waals surface area contributed by atoms with Crippen molar-refractivity contribution in [2.45, 2.75) is 96.0 Å². The maximum atomic E-state index is 14.0. The van der Waals surface area contributed by atoms with Crippen LogP contribution >= 0.6 is 0 Å². The van der Waals surface area contributed by atoms with E-state index in [9.17, 15) is 36.4 Å². The Labute approximate surface area is 239 Å². The Morgan fingerprint density at radius 2 is 1.80 bits per heavy atom. The van der Waals surface area contributed by atoms with E-state index in [0.717, 1.165) is 25.7 Å². The van der Waals surface area contributed by atoms with Crippen LogP contribution in [-0.4, -0.2) is 61.7 Å². The molecule has 4 aliphatic rings. The SMILES string of the molecule is C[C@H](CCC(=O)OCC(F)(F)S(=O)(=O)O)[C@H]1CC[C@H]2[C@@H]3[C@@H](OC=O)CC4C[C@H](OC=O)CC[C@]4(C)[C@H]3CC(=O)[C@]12C. The molecule has 0 aromatic rings. The van der Waals surface area contributed by atoms with Crippen LogP contribution in [-0.2, 0) is 43.5 Å². The highest BCUT2D eigenvalue weighted by molar-refractivity contribution is 7.86. The molecule has 0 aromatic carbocycles. The molecule has 0 amide bonds. The summed E-state index contributed by atoms with van der Waals surface area (Å²) in [5.41, 5.74) is -0.876. The molecule has 0 bridgehead atoms. The Hall–Kier alpha value is -2.15. The number of ketones is 1. The van der Waals surface area contributed by atoms with E-state index in [0.29, 0.717) is 32.2 Å². The van der Waals surface area contributed by atoms with Gasteiger partial charge in [0.2, 0.25) is 0 Å². The van der Waals surface area contributed by atoms with Crippen molar-refractivity contribution in [1.29, 1.82) is 0 Å². The average Bonchev–Trinajstić information content (AvgIpc) is 3.25. The van der Waals surface area contributed by atoms with Crippen molar-refractivity contribution in [2.75, 3.05) is 6.61 Å². The molecule has 0 aromatic heterocycles. The fourth-order valence-electron chi connectivity index (χ4n) is 9.09. The second-order valence-corrected chi connectivity index (χ2v) is 14.6. The Bertz CT molecular complexity index is 1140. The molecule has 4 fully saturated rings. The molecule has 1 unspecified atom stereocenters. The molecule has 4 rings (SSSR count). The zero-order valence-corrected chi connectivity index (χ0v) is 24.4. The van der Waals surface area contributed by atoms with Gasteiger partial charge in [-0.15, -0.1) is 0 Å². The molecule has 41 heavy (non-hydrogen) atoms.